The van der Waals surface area contributed by atoms with Crippen molar-refractivity contribution in [1.82, 2.24) is 9.97 Å². The Balaban J connectivity index is 1.82. The van der Waals surface area contributed by atoms with Gasteiger partial charge in [0.2, 0.25) is 0 Å². The summed E-state index contributed by atoms with van der Waals surface area (Å²) in [6.07, 6.45) is 1.80. The number of benzene rings is 2. The maximum atomic E-state index is 4.54. The SMILES string of the molecule is CC(N=Cc1nc2ccccc2[nH]1)c1ccccc1. The van der Waals surface area contributed by atoms with Gasteiger partial charge >= 0.3 is 0 Å². The number of aliphatic imine (C=N–C) groups is 1. The van der Waals surface area contributed by atoms with E-state index in [2.05, 4.69) is 34.0 Å². The summed E-state index contributed by atoms with van der Waals surface area (Å²) in [6, 6.07) is 18.4. The lowest BCUT2D eigenvalue weighted by molar-refractivity contribution is 0.824. The summed E-state index contributed by atoms with van der Waals surface area (Å²) in [6.45, 7) is 2.08. The van der Waals surface area contributed by atoms with E-state index in [4.69, 9.17) is 0 Å². The first kappa shape index (κ1) is 11.7. The van der Waals surface area contributed by atoms with Crippen LogP contribution in [0.25, 0.3) is 11.0 Å². The van der Waals surface area contributed by atoms with Crippen molar-refractivity contribution in [2.75, 3.05) is 0 Å². The smallest absolute Gasteiger partial charge is 0.149 e. The molecule has 3 rings (SSSR count). The molecule has 94 valence electrons. The van der Waals surface area contributed by atoms with Gasteiger partial charge in [-0.15, -0.1) is 0 Å². The Bertz CT molecular complexity index is 665. The van der Waals surface area contributed by atoms with E-state index in [0.29, 0.717) is 0 Å². The molecule has 1 atom stereocenters. The first-order valence-electron chi connectivity index (χ1n) is 6.36. The molecule has 0 fully saturated rings. The van der Waals surface area contributed by atoms with Crippen LogP contribution in [0.1, 0.15) is 24.4 Å². The van der Waals surface area contributed by atoms with Gasteiger partial charge in [0.25, 0.3) is 0 Å². The molecule has 0 aliphatic rings. The molecule has 1 N–H and O–H groups in total. The van der Waals surface area contributed by atoms with Crippen molar-refractivity contribution in [3.63, 3.8) is 0 Å². The predicted molar refractivity (Wildman–Crippen MR) is 78.5 cm³/mol. The molecule has 2 aromatic carbocycles. The lowest BCUT2D eigenvalue weighted by Gasteiger charge is -2.04. The van der Waals surface area contributed by atoms with Crippen LogP contribution in [0.2, 0.25) is 0 Å². The quantitative estimate of drug-likeness (QED) is 0.706. The maximum Gasteiger partial charge on any atom is 0.149 e. The fraction of sp³-hybridized carbons (Fsp3) is 0.125. The van der Waals surface area contributed by atoms with Crippen LogP contribution in [0.5, 0.6) is 0 Å². The van der Waals surface area contributed by atoms with Gasteiger partial charge < -0.3 is 4.98 Å². The second kappa shape index (κ2) is 5.06. The molecule has 0 saturated heterocycles. The van der Waals surface area contributed by atoms with Gasteiger partial charge in [-0.2, -0.15) is 0 Å². The molecule has 0 aliphatic carbocycles. The third-order valence-corrected chi connectivity index (χ3v) is 3.11. The van der Waals surface area contributed by atoms with Gasteiger partial charge in [-0.1, -0.05) is 42.5 Å². The third-order valence-electron chi connectivity index (χ3n) is 3.11. The van der Waals surface area contributed by atoms with Gasteiger partial charge in [0.05, 0.1) is 23.3 Å². The topological polar surface area (TPSA) is 41.0 Å². The number of nitrogens with zero attached hydrogens (tertiary/aromatic N) is 2. The highest BCUT2D eigenvalue weighted by Gasteiger charge is 2.02. The number of hydrogen-bond donors (Lipinski definition) is 1. The van der Waals surface area contributed by atoms with Crippen LogP contribution in [0.15, 0.2) is 59.6 Å². The largest absolute Gasteiger partial charge is 0.337 e. The number of para-hydroxylation sites is 2. The fourth-order valence-corrected chi connectivity index (χ4v) is 2.03. The second-order valence-corrected chi connectivity index (χ2v) is 4.50. The zero-order chi connectivity index (χ0) is 13.1. The van der Waals surface area contributed by atoms with Crippen LogP contribution in [-0.2, 0) is 0 Å². The molecule has 19 heavy (non-hydrogen) atoms. The minimum Gasteiger partial charge on any atom is -0.337 e. The molecular formula is C16H15N3. The minimum atomic E-state index is 0.134. The summed E-state index contributed by atoms with van der Waals surface area (Å²) in [4.78, 5) is 12.3. The van der Waals surface area contributed by atoms with E-state index >= 15 is 0 Å². The van der Waals surface area contributed by atoms with E-state index < -0.39 is 0 Å². The summed E-state index contributed by atoms with van der Waals surface area (Å²) in [5, 5.41) is 0. The first-order valence-corrected chi connectivity index (χ1v) is 6.36. The van der Waals surface area contributed by atoms with Gasteiger partial charge in [-0.05, 0) is 24.6 Å². The summed E-state index contributed by atoms with van der Waals surface area (Å²) >= 11 is 0. The van der Waals surface area contributed by atoms with Crippen molar-refractivity contribution >= 4 is 17.2 Å². The molecule has 1 heterocycles. The summed E-state index contributed by atoms with van der Waals surface area (Å²) < 4.78 is 0. The Kier molecular flexibility index (Phi) is 3.11. The Morgan fingerprint density at radius 1 is 1.05 bits per heavy atom. The number of nitrogens with one attached hydrogen (secondary N) is 1. The molecule has 3 heteroatoms. The van der Waals surface area contributed by atoms with E-state index in [1.807, 2.05) is 42.5 Å². The summed E-state index contributed by atoms with van der Waals surface area (Å²) in [5.41, 5.74) is 3.21. The average molecular weight is 249 g/mol. The Morgan fingerprint density at radius 3 is 2.58 bits per heavy atom. The molecule has 1 unspecified atom stereocenters. The molecule has 3 nitrogen and oxygen atoms in total. The van der Waals surface area contributed by atoms with Crippen LogP contribution in [0, 0.1) is 0 Å². The molecule has 0 bridgehead atoms. The summed E-state index contributed by atoms with van der Waals surface area (Å²) in [7, 11) is 0. The van der Waals surface area contributed by atoms with E-state index in [-0.39, 0.29) is 6.04 Å². The third kappa shape index (κ3) is 2.55. The van der Waals surface area contributed by atoms with Crippen LogP contribution < -0.4 is 0 Å². The molecule has 0 amide bonds. The molecule has 3 aromatic rings. The highest BCUT2D eigenvalue weighted by atomic mass is 14.9. The summed E-state index contributed by atoms with van der Waals surface area (Å²) in [5.74, 6) is 0.795. The molecule has 0 radical (unpaired) electrons. The lowest BCUT2D eigenvalue weighted by atomic mass is 10.1. The minimum absolute atomic E-state index is 0.134. The van der Waals surface area contributed by atoms with Crippen molar-refractivity contribution in [2.24, 2.45) is 4.99 Å². The molecule has 0 saturated carbocycles. The number of H-pyrrole nitrogens is 1. The number of hydrogen-bond acceptors (Lipinski definition) is 2. The first-order chi connectivity index (χ1) is 9.33. The van der Waals surface area contributed by atoms with Gasteiger partial charge in [0.1, 0.15) is 5.82 Å². The zero-order valence-electron chi connectivity index (χ0n) is 10.7. The van der Waals surface area contributed by atoms with Crippen molar-refractivity contribution in [3.05, 3.63) is 66.0 Å². The van der Waals surface area contributed by atoms with Gasteiger partial charge in [0, 0.05) is 0 Å². The number of imidazole rings is 1. The molecular weight excluding hydrogens is 234 g/mol. The van der Waals surface area contributed by atoms with Crippen LogP contribution >= 0.6 is 0 Å². The van der Waals surface area contributed by atoms with Crippen molar-refractivity contribution in [2.45, 2.75) is 13.0 Å². The Morgan fingerprint density at radius 2 is 1.79 bits per heavy atom. The maximum absolute atomic E-state index is 4.54. The van der Waals surface area contributed by atoms with Gasteiger partial charge in [-0.25, -0.2) is 4.98 Å². The van der Waals surface area contributed by atoms with Crippen molar-refractivity contribution in [1.29, 1.82) is 0 Å². The highest BCUT2D eigenvalue weighted by molar-refractivity contribution is 5.83. The Hall–Kier alpha value is -2.42. The molecule has 0 spiro atoms. The van der Waals surface area contributed by atoms with Crippen molar-refractivity contribution < 1.29 is 0 Å². The van der Waals surface area contributed by atoms with E-state index in [1.165, 1.54) is 5.56 Å². The van der Waals surface area contributed by atoms with E-state index in [1.54, 1.807) is 6.21 Å². The fourth-order valence-electron chi connectivity index (χ4n) is 2.03. The van der Waals surface area contributed by atoms with Crippen LogP contribution in [0.3, 0.4) is 0 Å². The van der Waals surface area contributed by atoms with Gasteiger partial charge in [-0.3, -0.25) is 4.99 Å². The monoisotopic (exact) mass is 249 g/mol. The predicted octanol–water partition coefficient (Wildman–Crippen LogP) is 3.74. The molecule has 1 aromatic heterocycles. The second-order valence-electron chi connectivity index (χ2n) is 4.50. The standard InChI is InChI=1S/C16H15N3/c1-12(13-7-3-2-4-8-13)17-11-16-18-14-9-5-6-10-15(14)19-16/h2-12H,1H3,(H,18,19). The van der Waals surface area contributed by atoms with Gasteiger partial charge in [0.15, 0.2) is 0 Å². The number of aromatic amines is 1. The number of fused-ring (bicyclic) bond motifs is 1. The van der Waals surface area contributed by atoms with Crippen LogP contribution in [0.4, 0.5) is 0 Å². The lowest BCUT2D eigenvalue weighted by Crippen LogP contribution is -1.91. The number of rotatable bonds is 3. The van der Waals surface area contributed by atoms with Crippen LogP contribution in [-0.4, -0.2) is 16.2 Å². The number of aromatic nitrogens is 2. The average Bonchev–Trinajstić information content (AvgIpc) is 2.88. The van der Waals surface area contributed by atoms with E-state index in [0.717, 1.165) is 16.9 Å². The normalized spacial score (nSPS) is 13.1. The Labute approximate surface area is 112 Å². The zero-order valence-corrected chi connectivity index (χ0v) is 10.7. The van der Waals surface area contributed by atoms with E-state index in [9.17, 15) is 0 Å². The molecule has 0 aliphatic heterocycles. The highest BCUT2D eigenvalue weighted by Crippen LogP contribution is 2.16. The van der Waals surface area contributed by atoms with Crippen molar-refractivity contribution in [3.8, 4) is 0 Å².